The van der Waals surface area contributed by atoms with Gasteiger partial charge in [0.05, 0.1) is 4.88 Å². The zero-order valence-electron chi connectivity index (χ0n) is 12.6. The van der Waals surface area contributed by atoms with Crippen LogP contribution in [-0.4, -0.2) is 31.7 Å². The molecule has 3 nitrogen and oxygen atoms in total. The lowest BCUT2D eigenvalue weighted by Gasteiger charge is -2.14. The van der Waals surface area contributed by atoms with Crippen LogP contribution in [0.1, 0.15) is 32.6 Å². The summed E-state index contributed by atoms with van der Waals surface area (Å²) < 4.78 is 0. The molecular weight excluding hydrogens is 278 g/mol. The van der Waals surface area contributed by atoms with Crippen molar-refractivity contribution in [3.05, 3.63) is 15.6 Å². The Balaban J connectivity index is 2.94. The molecule has 1 aromatic heterocycles. The Kier molecular flexibility index (Phi) is 6.30. The fourth-order valence-corrected chi connectivity index (χ4v) is 2.65. The molecule has 0 radical (unpaired) electrons. The van der Waals surface area contributed by atoms with Crippen LogP contribution in [0.5, 0.6) is 0 Å². The topological polar surface area (TPSA) is 28.2 Å². The third-order valence-electron chi connectivity index (χ3n) is 2.75. The Morgan fingerprint density at radius 1 is 1.37 bits per heavy atom. The zero-order valence-corrected chi connectivity index (χ0v) is 14.2. The Hall–Kier alpha value is -0.580. The molecule has 5 heteroatoms. The van der Waals surface area contributed by atoms with Gasteiger partial charge in [0.15, 0.2) is 5.13 Å². The minimum Gasteiger partial charge on any atom is -0.354 e. The van der Waals surface area contributed by atoms with Crippen molar-refractivity contribution < 1.29 is 0 Å². The number of hydrogen-bond donors (Lipinski definition) is 1. The molecule has 1 rings (SSSR count). The first-order valence-electron chi connectivity index (χ1n) is 6.58. The van der Waals surface area contributed by atoms with E-state index in [2.05, 4.69) is 44.1 Å². The van der Waals surface area contributed by atoms with Gasteiger partial charge in [-0.25, -0.2) is 4.98 Å². The van der Waals surface area contributed by atoms with Gasteiger partial charge in [-0.15, -0.1) is 0 Å². The normalized spacial score (nSPS) is 12.6. The van der Waals surface area contributed by atoms with E-state index in [0.717, 1.165) is 16.6 Å². The fraction of sp³-hybridized carbons (Fsp3) is 0.643. The molecule has 1 N–H and O–H groups in total. The Morgan fingerprint density at radius 3 is 2.42 bits per heavy atom. The fourth-order valence-electron chi connectivity index (χ4n) is 1.49. The highest BCUT2D eigenvalue weighted by atomic mass is 35.5. The van der Waals surface area contributed by atoms with Crippen LogP contribution in [0.2, 0.25) is 5.15 Å². The maximum absolute atomic E-state index is 6.21. The monoisotopic (exact) mass is 301 g/mol. The van der Waals surface area contributed by atoms with Gasteiger partial charge in [0.25, 0.3) is 0 Å². The van der Waals surface area contributed by atoms with Crippen LogP contribution in [-0.2, 0) is 0 Å². The molecule has 0 fully saturated rings. The highest BCUT2D eigenvalue weighted by Crippen LogP contribution is 2.31. The van der Waals surface area contributed by atoms with Gasteiger partial charge in [-0.2, -0.15) is 0 Å². The quantitative estimate of drug-likeness (QED) is 0.864. The Labute approximate surface area is 125 Å². The predicted octanol–water partition coefficient (Wildman–Crippen LogP) is 3.90. The largest absolute Gasteiger partial charge is 0.354 e. The van der Waals surface area contributed by atoms with Gasteiger partial charge in [0, 0.05) is 26.7 Å². The first-order chi connectivity index (χ1) is 8.81. The molecule has 108 valence electrons. The number of nitrogens with zero attached hydrogens (tertiary/aromatic N) is 2. The minimum atomic E-state index is 0.483. The van der Waals surface area contributed by atoms with Gasteiger partial charge < -0.3 is 10.2 Å². The first-order valence-corrected chi connectivity index (χ1v) is 7.78. The minimum absolute atomic E-state index is 0.483. The predicted molar refractivity (Wildman–Crippen MR) is 87.4 cm³/mol. The molecule has 0 bridgehead atoms. The molecule has 0 aliphatic heterocycles. The highest BCUT2D eigenvalue weighted by Gasteiger charge is 2.11. The van der Waals surface area contributed by atoms with E-state index in [1.165, 1.54) is 5.57 Å². The van der Waals surface area contributed by atoms with Gasteiger partial charge in [-0.05, 0) is 12.0 Å². The van der Waals surface area contributed by atoms with Crippen LogP contribution >= 0.6 is 22.9 Å². The van der Waals surface area contributed by atoms with E-state index in [9.17, 15) is 0 Å². The molecule has 0 saturated heterocycles. The lowest BCUT2D eigenvalue weighted by molar-refractivity contribution is 0.593. The molecule has 0 spiro atoms. The Morgan fingerprint density at radius 2 is 2.00 bits per heavy atom. The molecule has 0 aliphatic carbocycles. The average molecular weight is 302 g/mol. The summed E-state index contributed by atoms with van der Waals surface area (Å²) in [5.41, 5.74) is 1.35. The summed E-state index contributed by atoms with van der Waals surface area (Å²) in [6.45, 7) is 9.61. The maximum Gasteiger partial charge on any atom is 0.186 e. The summed E-state index contributed by atoms with van der Waals surface area (Å²) in [7, 11) is 3.96. The van der Waals surface area contributed by atoms with Crippen molar-refractivity contribution in [2.75, 3.05) is 25.5 Å². The van der Waals surface area contributed by atoms with Crippen LogP contribution in [0.15, 0.2) is 5.57 Å². The van der Waals surface area contributed by atoms with Crippen molar-refractivity contribution in [2.45, 2.75) is 33.7 Å². The number of hydrogen-bond acceptors (Lipinski definition) is 4. The van der Waals surface area contributed by atoms with Crippen molar-refractivity contribution in [3.63, 3.8) is 0 Å². The van der Waals surface area contributed by atoms with Gasteiger partial charge >= 0.3 is 0 Å². The second kappa shape index (κ2) is 7.27. The molecule has 0 atom stereocenters. The number of thiazole rings is 1. The molecule has 0 unspecified atom stereocenters. The lowest BCUT2D eigenvalue weighted by Crippen LogP contribution is -2.26. The molecular formula is C14H24ClN3S. The maximum atomic E-state index is 6.21. The second-order valence-corrected chi connectivity index (χ2v) is 6.82. The van der Waals surface area contributed by atoms with Crippen molar-refractivity contribution in [3.8, 4) is 0 Å². The van der Waals surface area contributed by atoms with Crippen LogP contribution in [0, 0.1) is 5.92 Å². The third kappa shape index (κ3) is 5.13. The van der Waals surface area contributed by atoms with E-state index >= 15 is 0 Å². The number of halogens is 1. The van der Waals surface area contributed by atoms with E-state index in [-0.39, 0.29) is 0 Å². The van der Waals surface area contributed by atoms with Crippen molar-refractivity contribution in [1.82, 2.24) is 10.3 Å². The molecule has 0 saturated carbocycles. The summed E-state index contributed by atoms with van der Waals surface area (Å²) >= 11 is 7.83. The number of anilines is 1. The van der Waals surface area contributed by atoms with Gasteiger partial charge in [-0.1, -0.05) is 56.2 Å². The standard InChI is InChI=1S/C14H24ClN3S/c1-9(2)11(8-16-10(3)4)7-12-13(15)17-14(19-12)18(5)6/h7,9-10,16H,8H2,1-6H3. The molecule has 1 heterocycles. The molecule has 0 aromatic carbocycles. The Bertz CT molecular complexity index is 436. The molecule has 1 aromatic rings. The zero-order chi connectivity index (χ0) is 14.6. The lowest BCUT2D eigenvalue weighted by atomic mass is 10.0. The van der Waals surface area contributed by atoms with Crippen LogP contribution < -0.4 is 10.2 Å². The van der Waals surface area contributed by atoms with E-state index in [4.69, 9.17) is 11.6 Å². The van der Waals surface area contributed by atoms with Gasteiger partial charge in [0.2, 0.25) is 0 Å². The van der Waals surface area contributed by atoms with Crippen molar-refractivity contribution in [1.29, 1.82) is 0 Å². The second-order valence-electron chi connectivity index (χ2n) is 5.46. The smallest absolute Gasteiger partial charge is 0.186 e. The van der Waals surface area contributed by atoms with E-state index in [1.807, 2.05) is 19.0 Å². The van der Waals surface area contributed by atoms with Gasteiger partial charge in [-0.3, -0.25) is 0 Å². The van der Waals surface area contributed by atoms with Crippen molar-refractivity contribution in [2.24, 2.45) is 5.92 Å². The van der Waals surface area contributed by atoms with Crippen LogP contribution in [0.4, 0.5) is 5.13 Å². The third-order valence-corrected chi connectivity index (χ3v) is 4.32. The number of aromatic nitrogens is 1. The average Bonchev–Trinajstić information content (AvgIpc) is 2.65. The summed E-state index contributed by atoms with van der Waals surface area (Å²) in [6.07, 6.45) is 2.17. The van der Waals surface area contributed by atoms with Crippen LogP contribution in [0.3, 0.4) is 0 Å². The van der Waals surface area contributed by atoms with E-state index in [1.54, 1.807) is 11.3 Å². The van der Waals surface area contributed by atoms with Crippen molar-refractivity contribution >= 4 is 34.1 Å². The SMILES string of the molecule is CC(C)NCC(=Cc1sc(N(C)C)nc1Cl)C(C)C. The van der Waals surface area contributed by atoms with Crippen LogP contribution in [0.25, 0.3) is 6.08 Å². The number of rotatable bonds is 6. The summed E-state index contributed by atoms with van der Waals surface area (Å²) in [5.74, 6) is 0.493. The summed E-state index contributed by atoms with van der Waals surface area (Å²) in [6, 6.07) is 0.483. The van der Waals surface area contributed by atoms with Gasteiger partial charge in [0.1, 0.15) is 5.15 Å². The highest BCUT2D eigenvalue weighted by molar-refractivity contribution is 7.17. The summed E-state index contributed by atoms with van der Waals surface area (Å²) in [4.78, 5) is 7.39. The molecule has 19 heavy (non-hydrogen) atoms. The summed E-state index contributed by atoms with van der Waals surface area (Å²) in [5, 5.41) is 4.99. The molecule has 0 amide bonds. The molecule has 0 aliphatic rings. The van der Waals surface area contributed by atoms with E-state index in [0.29, 0.717) is 17.1 Å². The first kappa shape index (κ1) is 16.5. The number of nitrogens with one attached hydrogen (secondary N) is 1. The van der Waals surface area contributed by atoms with E-state index < -0.39 is 0 Å².